The van der Waals surface area contributed by atoms with Gasteiger partial charge in [-0.25, -0.2) is 4.39 Å². The highest BCUT2D eigenvalue weighted by molar-refractivity contribution is 5.93. The van der Waals surface area contributed by atoms with Gasteiger partial charge in [0, 0.05) is 24.7 Å². The van der Waals surface area contributed by atoms with E-state index >= 15 is 0 Å². The first-order valence-corrected chi connectivity index (χ1v) is 5.78. The van der Waals surface area contributed by atoms with Crippen LogP contribution in [-0.4, -0.2) is 11.9 Å². The smallest absolute Gasteiger partial charge is 0.224 e. The molecule has 0 bridgehead atoms. The lowest BCUT2D eigenvalue weighted by molar-refractivity contribution is -0.117. The molecule has 4 heteroatoms. The van der Waals surface area contributed by atoms with Crippen molar-refractivity contribution in [3.63, 3.8) is 0 Å². The molecule has 1 aromatic carbocycles. The summed E-state index contributed by atoms with van der Waals surface area (Å²) in [6, 6.07) is 4.23. The number of nitrogens with two attached hydrogens (primary N) is 1. The largest absolute Gasteiger partial charge is 0.324 e. The van der Waals surface area contributed by atoms with Crippen molar-refractivity contribution in [1.82, 2.24) is 0 Å². The lowest BCUT2D eigenvalue weighted by Crippen LogP contribution is -2.48. The normalized spacial score (nSPS) is 27.8. The van der Waals surface area contributed by atoms with Crippen molar-refractivity contribution in [3.8, 4) is 0 Å². The second kappa shape index (κ2) is 4.11. The van der Waals surface area contributed by atoms with Gasteiger partial charge >= 0.3 is 0 Å². The molecule has 3 atom stereocenters. The third-order valence-corrected chi connectivity index (χ3v) is 3.68. The highest BCUT2D eigenvalue weighted by Gasteiger charge is 2.36. The fourth-order valence-electron chi connectivity index (χ4n) is 2.51. The van der Waals surface area contributed by atoms with E-state index in [0.29, 0.717) is 5.56 Å². The molecule has 0 radical (unpaired) electrons. The van der Waals surface area contributed by atoms with Crippen LogP contribution in [0.3, 0.4) is 0 Å². The quantitative estimate of drug-likeness (QED) is 0.750. The van der Waals surface area contributed by atoms with Crippen LogP contribution < -0.4 is 10.6 Å². The minimum Gasteiger partial charge on any atom is -0.324 e. The molecule has 0 saturated heterocycles. The average molecular weight is 236 g/mol. The Kier molecular flexibility index (Phi) is 2.91. The van der Waals surface area contributed by atoms with E-state index in [4.69, 9.17) is 5.73 Å². The van der Waals surface area contributed by atoms with Crippen LogP contribution in [0.4, 0.5) is 10.1 Å². The molecular weight excluding hydrogens is 219 g/mol. The molecule has 2 N–H and O–H groups in total. The molecule has 0 spiro atoms. The fourth-order valence-corrected chi connectivity index (χ4v) is 2.51. The van der Waals surface area contributed by atoms with E-state index in [2.05, 4.69) is 0 Å². The summed E-state index contributed by atoms with van der Waals surface area (Å²) in [4.78, 5) is 13.4. The zero-order chi connectivity index (χ0) is 12.7. The van der Waals surface area contributed by atoms with Crippen molar-refractivity contribution in [1.29, 1.82) is 0 Å². The third kappa shape index (κ3) is 1.82. The molecule has 1 aromatic rings. The second-order valence-electron chi connectivity index (χ2n) is 4.72. The van der Waals surface area contributed by atoms with Gasteiger partial charge in [0.25, 0.3) is 0 Å². The Labute approximate surface area is 100 Å². The molecule has 0 saturated carbocycles. The van der Waals surface area contributed by atoms with Crippen LogP contribution in [0.5, 0.6) is 0 Å². The number of rotatable bonds is 0. The minimum absolute atomic E-state index is 0.0282. The summed E-state index contributed by atoms with van der Waals surface area (Å²) in [5.74, 6) is -0.248. The Bertz CT molecular complexity index is 461. The summed E-state index contributed by atoms with van der Waals surface area (Å²) in [6.45, 7) is 5.48. The monoisotopic (exact) mass is 236 g/mol. The summed E-state index contributed by atoms with van der Waals surface area (Å²) >= 11 is 0. The highest BCUT2D eigenvalue weighted by atomic mass is 19.1. The number of fused-ring (bicyclic) bond motifs is 1. The number of amides is 1. The van der Waals surface area contributed by atoms with Crippen LogP contribution in [0, 0.1) is 11.7 Å². The first kappa shape index (κ1) is 12.0. The van der Waals surface area contributed by atoms with Crippen LogP contribution in [0.25, 0.3) is 0 Å². The van der Waals surface area contributed by atoms with E-state index in [0.717, 1.165) is 5.69 Å². The van der Waals surface area contributed by atoms with Crippen LogP contribution in [0.1, 0.15) is 32.4 Å². The molecule has 92 valence electrons. The van der Waals surface area contributed by atoms with Gasteiger partial charge in [0.15, 0.2) is 0 Å². The maximum absolute atomic E-state index is 13.3. The summed E-state index contributed by atoms with van der Waals surface area (Å²) in [5.41, 5.74) is 7.55. The molecule has 2 rings (SSSR count). The van der Waals surface area contributed by atoms with Gasteiger partial charge in [-0.1, -0.05) is 6.92 Å². The van der Waals surface area contributed by atoms with Gasteiger partial charge < -0.3 is 10.6 Å². The third-order valence-electron chi connectivity index (χ3n) is 3.68. The van der Waals surface area contributed by atoms with Crippen molar-refractivity contribution >= 4 is 11.6 Å². The highest BCUT2D eigenvalue weighted by Crippen LogP contribution is 2.39. The van der Waals surface area contributed by atoms with Gasteiger partial charge in [0.05, 0.1) is 0 Å². The van der Waals surface area contributed by atoms with Crippen molar-refractivity contribution in [2.24, 2.45) is 11.7 Å². The van der Waals surface area contributed by atoms with E-state index in [1.165, 1.54) is 19.1 Å². The molecule has 1 heterocycles. The molecule has 3 nitrogen and oxygen atoms in total. The zero-order valence-corrected chi connectivity index (χ0v) is 10.3. The van der Waals surface area contributed by atoms with E-state index in [9.17, 15) is 9.18 Å². The Balaban J connectivity index is 2.60. The zero-order valence-electron chi connectivity index (χ0n) is 10.3. The molecule has 1 aliphatic heterocycles. The molecule has 1 aliphatic rings. The SMILES string of the molecule is CC(=O)N1c2ccc(F)cc2C(N)C(C)C1C. The number of carbonyl (C=O) groups excluding carboxylic acids is 1. The number of benzene rings is 1. The number of hydrogen-bond donors (Lipinski definition) is 1. The van der Waals surface area contributed by atoms with Crippen LogP contribution >= 0.6 is 0 Å². The lowest BCUT2D eigenvalue weighted by Gasteiger charge is -2.42. The number of anilines is 1. The molecule has 17 heavy (non-hydrogen) atoms. The summed E-state index contributed by atoms with van der Waals surface area (Å²) in [5, 5.41) is 0. The van der Waals surface area contributed by atoms with Crippen molar-refractivity contribution < 1.29 is 9.18 Å². The minimum atomic E-state index is -0.315. The molecule has 0 fully saturated rings. The van der Waals surface area contributed by atoms with Gasteiger partial charge in [-0.05, 0) is 36.6 Å². The topological polar surface area (TPSA) is 46.3 Å². The number of nitrogens with zero attached hydrogens (tertiary/aromatic N) is 1. The predicted octanol–water partition coefficient (Wildman–Crippen LogP) is 2.22. The van der Waals surface area contributed by atoms with Gasteiger partial charge in [-0.15, -0.1) is 0 Å². The van der Waals surface area contributed by atoms with Crippen molar-refractivity contribution in [2.75, 3.05) is 4.90 Å². The summed E-state index contributed by atoms with van der Waals surface area (Å²) < 4.78 is 13.3. The van der Waals surface area contributed by atoms with Crippen LogP contribution in [0.2, 0.25) is 0 Å². The number of halogens is 1. The molecule has 0 aliphatic carbocycles. The molecule has 0 aromatic heterocycles. The van der Waals surface area contributed by atoms with Gasteiger partial charge in [-0.3, -0.25) is 4.79 Å². The van der Waals surface area contributed by atoms with Crippen molar-refractivity contribution in [2.45, 2.75) is 32.9 Å². The molecule has 1 amide bonds. The maximum atomic E-state index is 13.3. The summed E-state index contributed by atoms with van der Waals surface area (Å²) in [7, 11) is 0. The second-order valence-corrected chi connectivity index (χ2v) is 4.72. The molecular formula is C13H17FN2O. The first-order chi connectivity index (χ1) is 7.93. The van der Waals surface area contributed by atoms with E-state index in [1.807, 2.05) is 13.8 Å². The van der Waals surface area contributed by atoms with Crippen LogP contribution in [-0.2, 0) is 4.79 Å². The van der Waals surface area contributed by atoms with Gasteiger partial charge in [-0.2, -0.15) is 0 Å². The van der Waals surface area contributed by atoms with E-state index in [-0.39, 0.29) is 29.7 Å². The predicted molar refractivity (Wildman–Crippen MR) is 65.1 cm³/mol. The fraction of sp³-hybridized carbons (Fsp3) is 0.462. The average Bonchev–Trinajstić information content (AvgIpc) is 2.27. The van der Waals surface area contributed by atoms with Gasteiger partial charge in [0.1, 0.15) is 5.82 Å². The first-order valence-electron chi connectivity index (χ1n) is 5.78. The number of carbonyl (C=O) groups is 1. The molecule has 3 unspecified atom stereocenters. The van der Waals surface area contributed by atoms with E-state index in [1.54, 1.807) is 11.0 Å². The summed E-state index contributed by atoms with van der Waals surface area (Å²) in [6.07, 6.45) is 0. The lowest BCUT2D eigenvalue weighted by atomic mass is 9.83. The Hall–Kier alpha value is -1.42. The van der Waals surface area contributed by atoms with E-state index < -0.39 is 0 Å². The Morgan fingerprint density at radius 2 is 2.06 bits per heavy atom. The van der Waals surface area contributed by atoms with Crippen molar-refractivity contribution in [3.05, 3.63) is 29.6 Å². The number of hydrogen-bond acceptors (Lipinski definition) is 2. The maximum Gasteiger partial charge on any atom is 0.224 e. The van der Waals surface area contributed by atoms with Crippen LogP contribution in [0.15, 0.2) is 18.2 Å². The Morgan fingerprint density at radius 1 is 1.41 bits per heavy atom. The standard InChI is InChI=1S/C13H17FN2O/c1-7-8(2)16(9(3)17)12-5-4-10(14)6-11(12)13(7)15/h4-8,13H,15H2,1-3H3. The Morgan fingerprint density at radius 3 is 2.65 bits per heavy atom. The van der Waals surface area contributed by atoms with Gasteiger partial charge in [0.2, 0.25) is 5.91 Å².